The van der Waals surface area contributed by atoms with Crippen molar-refractivity contribution >= 4 is 5.91 Å². The molecule has 1 amide bonds. The Morgan fingerprint density at radius 1 is 1.20 bits per heavy atom. The van der Waals surface area contributed by atoms with Crippen LogP contribution in [0.5, 0.6) is 5.75 Å². The van der Waals surface area contributed by atoms with Gasteiger partial charge in [-0.2, -0.15) is 0 Å². The third-order valence-corrected chi connectivity index (χ3v) is 3.08. The van der Waals surface area contributed by atoms with Gasteiger partial charge < -0.3 is 10.4 Å². The van der Waals surface area contributed by atoms with Crippen LogP contribution >= 0.6 is 0 Å². The van der Waals surface area contributed by atoms with E-state index in [1.54, 1.807) is 38.1 Å². The molecule has 0 spiro atoms. The summed E-state index contributed by atoms with van der Waals surface area (Å²) in [5.74, 6) is -0.772. The first kappa shape index (κ1) is 14.1. The van der Waals surface area contributed by atoms with Crippen LogP contribution in [0.15, 0.2) is 36.4 Å². The maximum Gasteiger partial charge on any atom is 0.254 e. The van der Waals surface area contributed by atoms with Gasteiger partial charge >= 0.3 is 0 Å². The fraction of sp³-hybridized carbons (Fsp3) is 0.188. The van der Waals surface area contributed by atoms with Gasteiger partial charge in [0.05, 0.1) is 5.56 Å². The SMILES string of the molecule is CCNC(=O)c1ccc(-c2ccc(O)c(C)c2)cc1F. The molecule has 0 saturated heterocycles. The summed E-state index contributed by atoms with van der Waals surface area (Å²) in [7, 11) is 0. The van der Waals surface area contributed by atoms with Gasteiger partial charge in [-0.25, -0.2) is 4.39 Å². The molecule has 0 heterocycles. The van der Waals surface area contributed by atoms with Crippen molar-refractivity contribution in [3.05, 3.63) is 53.3 Å². The Hall–Kier alpha value is -2.36. The highest BCUT2D eigenvalue weighted by atomic mass is 19.1. The van der Waals surface area contributed by atoms with Gasteiger partial charge in [-0.1, -0.05) is 12.1 Å². The molecule has 0 fully saturated rings. The van der Waals surface area contributed by atoms with Crippen molar-refractivity contribution < 1.29 is 14.3 Å². The predicted molar refractivity (Wildman–Crippen MR) is 76.2 cm³/mol. The molecular formula is C16H16FNO2. The number of benzene rings is 2. The van der Waals surface area contributed by atoms with Crippen LogP contribution in [-0.4, -0.2) is 17.6 Å². The number of aromatic hydroxyl groups is 1. The van der Waals surface area contributed by atoms with Gasteiger partial charge in [-0.05, 0) is 54.8 Å². The molecule has 104 valence electrons. The Bertz CT molecular complexity index is 653. The number of rotatable bonds is 3. The van der Waals surface area contributed by atoms with Crippen molar-refractivity contribution in [1.29, 1.82) is 0 Å². The average molecular weight is 273 g/mol. The molecular weight excluding hydrogens is 257 g/mol. The number of carbonyl (C=O) groups excluding carboxylic acids is 1. The summed E-state index contributed by atoms with van der Waals surface area (Å²) in [6, 6.07) is 9.55. The highest BCUT2D eigenvalue weighted by molar-refractivity contribution is 5.95. The van der Waals surface area contributed by atoms with Crippen LogP contribution in [0, 0.1) is 12.7 Å². The van der Waals surface area contributed by atoms with Crippen LogP contribution < -0.4 is 5.32 Å². The van der Waals surface area contributed by atoms with E-state index >= 15 is 0 Å². The number of phenolic OH excluding ortho intramolecular Hbond substituents is 1. The zero-order chi connectivity index (χ0) is 14.7. The second-order valence-electron chi connectivity index (χ2n) is 4.56. The Morgan fingerprint density at radius 3 is 2.45 bits per heavy atom. The van der Waals surface area contributed by atoms with Crippen molar-refractivity contribution in [1.82, 2.24) is 5.32 Å². The second-order valence-corrected chi connectivity index (χ2v) is 4.56. The van der Waals surface area contributed by atoms with Crippen molar-refractivity contribution in [2.45, 2.75) is 13.8 Å². The molecule has 0 aromatic heterocycles. The quantitative estimate of drug-likeness (QED) is 0.901. The smallest absolute Gasteiger partial charge is 0.254 e. The number of hydrogen-bond acceptors (Lipinski definition) is 2. The lowest BCUT2D eigenvalue weighted by atomic mass is 10.0. The zero-order valence-electron chi connectivity index (χ0n) is 11.4. The van der Waals surface area contributed by atoms with Crippen molar-refractivity contribution in [2.24, 2.45) is 0 Å². The third-order valence-electron chi connectivity index (χ3n) is 3.08. The van der Waals surface area contributed by atoms with Gasteiger partial charge in [-0.3, -0.25) is 4.79 Å². The minimum absolute atomic E-state index is 0.0334. The Balaban J connectivity index is 2.37. The molecule has 20 heavy (non-hydrogen) atoms. The normalized spacial score (nSPS) is 10.3. The Labute approximate surface area is 117 Å². The molecule has 0 aliphatic rings. The first-order chi connectivity index (χ1) is 9.52. The van der Waals surface area contributed by atoms with Gasteiger partial charge in [0.2, 0.25) is 0 Å². The Morgan fingerprint density at radius 2 is 1.85 bits per heavy atom. The first-order valence-electron chi connectivity index (χ1n) is 6.40. The van der Waals surface area contributed by atoms with E-state index in [4.69, 9.17) is 0 Å². The summed E-state index contributed by atoms with van der Waals surface area (Å²) in [6.07, 6.45) is 0. The molecule has 2 N–H and O–H groups in total. The van der Waals surface area contributed by atoms with E-state index in [0.29, 0.717) is 12.1 Å². The number of halogens is 1. The number of phenols is 1. The zero-order valence-corrected chi connectivity index (χ0v) is 11.4. The minimum Gasteiger partial charge on any atom is -0.508 e. The van der Waals surface area contributed by atoms with Crippen LogP contribution in [0.25, 0.3) is 11.1 Å². The van der Waals surface area contributed by atoms with Gasteiger partial charge in [0.1, 0.15) is 11.6 Å². The number of nitrogens with one attached hydrogen (secondary N) is 1. The van der Waals surface area contributed by atoms with E-state index in [0.717, 1.165) is 11.1 Å². The lowest BCUT2D eigenvalue weighted by molar-refractivity contribution is 0.0952. The summed E-state index contributed by atoms with van der Waals surface area (Å²) in [6.45, 7) is 4.01. The van der Waals surface area contributed by atoms with Crippen molar-refractivity contribution in [3.63, 3.8) is 0 Å². The molecule has 2 rings (SSSR count). The van der Waals surface area contributed by atoms with E-state index in [-0.39, 0.29) is 11.3 Å². The molecule has 2 aromatic rings. The number of amides is 1. The highest BCUT2D eigenvalue weighted by Gasteiger charge is 2.12. The van der Waals surface area contributed by atoms with E-state index in [9.17, 15) is 14.3 Å². The van der Waals surface area contributed by atoms with Gasteiger partial charge in [0.15, 0.2) is 0 Å². The van der Waals surface area contributed by atoms with Crippen LogP contribution in [0.2, 0.25) is 0 Å². The van der Waals surface area contributed by atoms with E-state index in [1.165, 1.54) is 12.1 Å². The van der Waals surface area contributed by atoms with Crippen molar-refractivity contribution in [2.75, 3.05) is 6.54 Å². The van der Waals surface area contributed by atoms with Crippen LogP contribution in [0.3, 0.4) is 0 Å². The third kappa shape index (κ3) is 2.79. The van der Waals surface area contributed by atoms with Gasteiger partial charge in [-0.15, -0.1) is 0 Å². The maximum absolute atomic E-state index is 14.0. The first-order valence-corrected chi connectivity index (χ1v) is 6.40. The lowest BCUT2D eigenvalue weighted by Gasteiger charge is -2.08. The standard InChI is InChI=1S/C16H16FNO2/c1-3-18-16(20)13-6-4-12(9-14(13)17)11-5-7-15(19)10(2)8-11/h4-9,19H,3H2,1-2H3,(H,18,20). The molecule has 0 aliphatic carbocycles. The molecule has 4 heteroatoms. The highest BCUT2D eigenvalue weighted by Crippen LogP contribution is 2.26. The Kier molecular flexibility index (Phi) is 4.03. The molecule has 0 aliphatic heterocycles. The maximum atomic E-state index is 14.0. The van der Waals surface area contributed by atoms with E-state index in [2.05, 4.69) is 5.32 Å². The van der Waals surface area contributed by atoms with Crippen molar-refractivity contribution in [3.8, 4) is 16.9 Å². The number of carbonyl (C=O) groups is 1. The summed E-state index contributed by atoms with van der Waals surface area (Å²) in [4.78, 5) is 11.6. The largest absolute Gasteiger partial charge is 0.508 e. The minimum atomic E-state index is -0.556. The topological polar surface area (TPSA) is 49.3 Å². The molecule has 3 nitrogen and oxygen atoms in total. The predicted octanol–water partition coefficient (Wildman–Crippen LogP) is 3.26. The molecule has 0 atom stereocenters. The van der Waals surface area contributed by atoms with E-state index < -0.39 is 11.7 Å². The summed E-state index contributed by atoms with van der Waals surface area (Å²) in [5.41, 5.74) is 2.21. The fourth-order valence-corrected chi connectivity index (χ4v) is 1.97. The summed E-state index contributed by atoms with van der Waals surface area (Å²) >= 11 is 0. The van der Waals surface area contributed by atoms with E-state index in [1.807, 2.05) is 0 Å². The van der Waals surface area contributed by atoms with Gasteiger partial charge in [0.25, 0.3) is 5.91 Å². The summed E-state index contributed by atoms with van der Waals surface area (Å²) in [5, 5.41) is 12.1. The number of aryl methyl sites for hydroxylation is 1. The lowest BCUT2D eigenvalue weighted by Crippen LogP contribution is -2.23. The fourth-order valence-electron chi connectivity index (χ4n) is 1.97. The van der Waals surface area contributed by atoms with Crippen LogP contribution in [0.4, 0.5) is 4.39 Å². The molecule has 2 aromatic carbocycles. The molecule has 0 radical (unpaired) electrons. The number of hydrogen-bond donors (Lipinski definition) is 2. The second kappa shape index (κ2) is 5.74. The van der Waals surface area contributed by atoms with Crippen LogP contribution in [-0.2, 0) is 0 Å². The van der Waals surface area contributed by atoms with Crippen LogP contribution in [0.1, 0.15) is 22.8 Å². The monoisotopic (exact) mass is 273 g/mol. The molecule has 0 bridgehead atoms. The summed E-state index contributed by atoms with van der Waals surface area (Å²) < 4.78 is 14.0. The average Bonchev–Trinajstić information content (AvgIpc) is 2.42. The molecule has 0 unspecified atom stereocenters. The molecule has 0 saturated carbocycles. The van der Waals surface area contributed by atoms with Gasteiger partial charge in [0, 0.05) is 6.54 Å².